The van der Waals surface area contributed by atoms with Crippen LogP contribution in [0.25, 0.3) is 0 Å². The van der Waals surface area contributed by atoms with Crippen LogP contribution in [0.2, 0.25) is 0 Å². The minimum atomic E-state index is -4.35. The van der Waals surface area contributed by atoms with E-state index in [9.17, 15) is 22.0 Å². The minimum Gasteiger partial charge on any atom is -0.317 e. The fourth-order valence-electron chi connectivity index (χ4n) is 5.00. The molecular formula is C20H26F5N3. The number of hydrogen-bond donors (Lipinski definition) is 1. The Morgan fingerprint density at radius 2 is 1.68 bits per heavy atom. The van der Waals surface area contributed by atoms with E-state index in [1.54, 1.807) is 0 Å². The van der Waals surface area contributed by atoms with Crippen LogP contribution in [0.15, 0.2) is 24.3 Å². The fourth-order valence-corrected chi connectivity index (χ4v) is 5.00. The van der Waals surface area contributed by atoms with Crippen molar-refractivity contribution in [3.05, 3.63) is 35.4 Å². The van der Waals surface area contributed by atoms with Crippen molar-refractivity contribution in [1.82, 2.24) is 15.1 Å². The van der Waals surface area contributed by atoms with Gasteiger partial charge in [-0.1, -0.05) is 12.1 Å². The summed E-state index contributed by atoms with van der Waals surface area (Å²) in [5.41, 5.74) is 0.163. The molecule has 0 unspecified atom stereocenters. The highest BCUT2D eigenvalue weighted by Gasteiger charge is 2.49. The molecule has 3 aliphatic heterocycles. The molecule has 0 radical (unpaired) electrons. The van der Waals surface area contributed by atoms with Crippen LogP contribution in [0.1, 0.15) is 30.4 Å². The first kappa shape index (κ1) is 20.0. The highest BCUT2D eigenvalue weighted by molar-refractivity contribution is 5.25. The molecule has 4 rings (SSSR count). The summed E-state index contributed by atoms with van der Waals surface area (Å²) in [4.78, 5) is 4.24. The van der Waals surface area contributed by atoms with Gasteiger partial charge in [-0.25, -0.2) is 8.78 Å². The van der Waals surface area contributed by atoms with Gasteiger partial charge in [-0.3, -0.25) is 9.80 Å². The first-order valence-corrected chi connectivity index (χ1v) is 9.96. The molecule has 8 heteroatoms. The Hall–Kier alpha value is -1.25. The van der Waals surface area contributed by atoms with Gasteiger partial charge in [0.25, 0.3) is 5.92 Å². The summed E-state index contributed by atoms with van der Waals surface area (Å²) < 4.78 is 66.3. The minimum absolute atomic E-state index is 0.0463. The van der Waals surface area contributed by atoms with Crippen LogP contribution < -0.4 is 5.32 Å². The standard InChI is InChI=1S/C20H26F5N3/c21-19(22)10-18-12-28(16-5-7-26-8-6-16)17(11-27(18)13-19)9-14-1-3-15(4-2-14)20(23,24)25/h1-4,16-18,26H,5-13H2/t17-,18-/m0/s1. The van der Waals surface area contributed by atoms with Crippen LogP contribution in [0.3, 0.4) is 0 Å². The van der Waals surface area contributed by atoms with E-state index in [2.05, 4.69) is 10.2 Å². The predicted molar refractivity (Wildman–Crippen MR) is 96.5 cm³/mol. The topological polar surface area (TPSA) is 18.5 Å². The molecule has 3 aliphatic rings. The molecule has 0 bridgehead atoms. The third-order valence-electron chi connectivity index (χ3n) is 6.35. The van der Waals surface area contributed by atoms with Crippen LogP contribution in [0, 0.1) is 0 Å². The van der Waals surface area contributed by atoms with Gasteiger partial charge in [-0.2, -0.15) is 13.2 Å². The smallest absolute Gasteiger partial charge is 0.317 e. The predicted octanol–water partition coefficient (Wildman–Crippen LogP) is 3.39. The summed E-state index contributed by atoms with van der Waals surface area (Å²) in [6.45, 7) is 2.79. The normalized spacial score (nSPS) is 29.8. The molecule has 3 heterocycles. The highest BCUT2D eigenvalue weighted by Crippen LogP contribution is 2.37. The molecule has 3 nitrogen and oxygen atoms in total. The van der Waals surface area contributed by atoms with Crippen molar-refractivity contribution in [2.45, 2.75) is 55.9 Å². The largest absolute Gasteiger partial charge is 0.416 e. The van der Waals surface area contributed by atoms with Gasteiger partial charge in [0.15, 0.2) is 0 Å². The zero-order valence-electron chi connectivity index (χ0n) is 15.7. The molecule has 1 N–H and O–H groups in total. The Balaban J connectivity index is 1.51. The van der Waals surface area contributed by atoms with Crippen molar-refractivity contribution in [2.75, 3.05) is 32.7 Å². The van der Waals surface area contributed by atoms with E-state index in [0.29, 0.717) is 25.6 Å². The highest BCUT2D eigenvalue weighted by atomic mass is 19.4. The second kappa shape index (κ2) is 7.54. The molecule has 2 atom stereocenters. The lowest BCUT2D eigenvalue weighted by Crippen LogP contribution is -2.61. The van der Waals surface area contributed by atoms with Crippen molar-refractivity contribution in [3.63, 3.8) is 0 Å². The average Bonchev–Trinajstić information content (AvgIpc) is 2.94. The van der Waals surface area contributed by atoms with Gasteiger partial charge in [0.05, 0.1) is 12.1 Å². The Labute approximate surface area is 161 Å². The summed E-state index contributed by atoms with van der Waals surface area (Å²) in [5.74, 6) is -2.65. The number of benzene rings is 1. The van der Waals surface area contributed by atoms with Crippen LogP contribution in [0.5, 0.6) is 0 Å². The van der Waals surface area contributed by atoms with Crippen molar-refractivity contribution in [2.24, 2.45) is 0 Å². The molecule has 0 aliphatic carbocycles. The average molecular weight is 403 g/mol. The number of hydrogen-bond acceptors (Lipinski definition) is 3. The molecule has 3 fully saturated rings. The second-order valence-electron chi connectivity index (χ2n) is 8.37. The maximum absolute atomic E-state index is 13.9. The zero-order chi connectivity index (χ0) is 19.9. The van der Waals surface area contributed by atoms with Crippen LogP contribution >= 0.6 is 0 Å². The van der Waals surface area contributed by atoms with Crippen molar-refractivity contribution < 1.29 is 22.0 Å². The first-order chi connectivity index (χ1) is 13.2. The van der Waals surface area contributed by atoms with Gasteiger partial charge in [0, 0.05) is 37.6 Å². The number of piperazine rings is 1. The van der Waals surface area contributed by atoms with Gasteiger partial charge in [0.2, 0.25) is 0 Å². The summed E-state index contributed by atoms with van der Waals surface area (Å²) in [7, 11) is 0. The lowest BCUT2D eigenvalue weighted by molar-refractivity contribution is -0.137. The molecule has 28 heavy (non-hydrogen) atoms. The lowest BCUT2D eigenvalue weighted by Gasteiger charge is -2.48. The molecule has 0 amide bonds. The Kier molecular flexibility index (Phi) is 5.39. The van der Waals surface area contributed by atoms with Crippen molar-refractivity contribution >= 4 is 0 Å². The van der Waals surface area contributed by atoms with Crippen LogP contribution in [-0.4, -0.2) is 66.6 Å². The number of halogens is 5. The van der Waals surface area contributed by atoms with E-state index in [0.717, 1.165) is 43.6 Å². The zero-order valence-corrected chi connectivity index (χ0v) is 15.7. The van der Waals surface area contributed by atoms with Gasteiger partial charge in [-0.15, -0.1) is 0 Å². The SMILES string of the molecule is FC1(F)C[C@H]2CN(C3CCNCC3)[C@@H](Cc3ccc(C(F)(F)F)cc3)CN2C1. The van der Waals surface area contributed by atoms with Gasteiger partial charge in [-0.05, 0) is 50.0 Å². The molecule has 156 valence electrons. The molecule has 3 saturated heterocycles. The monoisotopic (exact) mass is 403 g/mol. The Morgan fingerprint density at radius 3 is 2.32 bits per heavy atom. The lowest BCUT2D eigenvalue weighted by atomic mass is 9.94. The quantitative estimate of drug-likeness (QED) is 0.781. The van der Waals surface area contributed by atoms with Gasteiger partial charge < -0.3 is 5.32 Å². The van der Waals surface area contributed by atoms with E-state index < -0.39 is 17.7 Å². The van der Waals surface area contributed by atoms with Crippen molar-refractivity contribution in [1.29, 1.82) is 0 Å². The van der Waals surface area contributed by atoms with E-state index in [4.69, 9.17) is 0 Å². The molecule has 0 spiro atoms. The number of nitrogens with one attached hydrogen (secondary N) is 1. The number of rotatable bonds is 3. The number of nitrogens with zero attached hydrogens (tertiary/aromatic N) is 2. The summed E-state index contributed by atoms with van der Waals surface area (Å²) in [5, 5.41) is 3.33. The molecule has 0 aromatic heterocycles. The van der Waals surface area contributed by atoms with E-state index in [1.807, 2.05) is 4.90 Å². The maximum Gasteiger partial charge on any atom is 0.416 e. The maximum atomic E-state index is 13.9. The number of alkyl halides is 5. The Morgan fingerprint density at radius 1 is 1.00 bits per heavy atom. The molecule has 1 aromatic carbocycles. The molecular weight excluding hydrogens is 377 g/mol. The van der Waals surface area contributed by atoms with E-state index in [-0.39, 0.29) is 25.0 Å². The summed E-state index contributed by atoms with van der Waals surface area (Å²) >= 11 is 0. The second-order valence-corrected chi connectivity index (χ2v) is 8.37. The fraction of sp³-hybridized carbons (Fsp3) is 0.700. The third-order valence-corrected chi connectivity index (χ3v) is 6.35. The van der Waals surface area contributed by atoms with Gasteiger partial charge >= 0.3 is 6.18 Å². The number of piperidine rings is 1. The molecule has 0 saturated carbocycles. The summed E-state index contributed by atoms with van der Waals surface area (Å²) in [6.07, 6.45) is -1.91. The van der Waals surface area contributed by atoms with Crippen molar-refractivity contribution in [3.8, 4) is 0 Å². The van der Waals surface area contributed by atoms with Gasteiger partial charge in [0.1, 0.15) is 0 Å². The number of fused-ring (bicyclic) bond motifs is 1. The first-order valence-electron chi connectivity index (χ1n) is 9.96. The van der Waals surface area contributed by atoms with Crippen LogP contribution in [0.4, 0.5) is 22.0 Å². The third kappa shape index (κ3) is 4.33. The van der Waals surface area contributed by atoms with Crippen LogP contribution in [-0.2, 0) is 12.6 Å². The molecule has 1 aromatic rings. The van der Waals surface area contributed by atoms with E-state index >= 15 is 0 Å². The Bertz CT molecular complexity index is 669. The van der Waals surface area contributed by atoms with E-state index in [1.165, 1.54) is 12.1 Å². The summed E-state index contributed by atoms with van der Waals surface area (Å²) in [6, 6.07) is 5.53.